The highest BCUT2D eigenvalue weighted by atomic mass is 35.5. The van der Waals surface area contributed by atoms with E-state index in [-0.39, 0.29) is 18.1 Å². The molecule has 4 atom stereocenters. The second-order valence-electron chi connectivity index (χ2n) is 5.15. The fourth-order valence-corrected chi connectivity index (χ4v) is 3.29. The lowest BCUT2D eigenvalue weighted by atomic mass is 9.78. The third-order valence-electron chi connectivity index (χ3n) is 3.99. The number of para-hydroxylation sites is 1. The summed E-state index contributed by atoms with van der Waals surface area (Å²) in [6.45, 7) is 0. The van der Waals surface area contributed by atoms with Crippen LogP contribution in [0.25, 0.3) is 0 Å². The maximum Gasteiger partial charge on any atom is 0.310 e. The normalized spacial score (nSPS) is 31.2. The van der Waals surface area contributed by atoms with E-state index in [2.05, 4.69) is 5.32 Å². The molecule has 1 amide bonds. The first-order valence-electron chi connectivity index (χ1n) is 6.51. The number of anilines is 1. The molecule has 5 nitrogen and oxygen atoms in total. The van der Waals surface area contributed by atoms with Gasteiger partial charge in [0.1, 0.15) is 0 Å². The molecule has 2 fully saturated rings. The molecular formula is C14H14ClNO4. The van der Waals surface area contributed by atoms with Crippen molar-refractivity contribution in [3.63, 3.8) is 0 Å². The van der Waals surface area contributed by atoms with Crippen molar-refractivity contribution in [2.24, 2.45) is 11.8 Å². The monoisotopic (exact) mass is 295 g/mol. The lowest BCUT2D eigenvalue weighted by Crippen LogP contribution is -2.40. The summed E-state index contributed by atoms with van der Waals surface area (Å²) in [5.74, 6) is -2.73. The van der Waals surface area contributed by atoms with E-state index in [1.165, 1.54) is 0 Å². The van der Waals surface area contributed by atoms with Crippen LogP contribution in [0.4, 0.5) is 5.69 Å². The molecule has 0 saturated carbocycles. The van der Waals surface area contributed by atoms with Crippen molar-refractivity contribution < 1.29 is 19.4 Å². The van der Waals surface area contributed by atoms with Crippen LogP contribution in [0, 0.1) is 11.8 Å². The van der Waals surface area contributed by atoms with Crippen LogP contribution in [0.1, 0.15) is 12.8 Å². The lowest BCUT2D eigenvalue weighted by Gasteiger charge is -2.24. The van der Waals surface area contributed by atoms with Gasteiger partial charge in [-0.1, -0.05) is 23.7 Å². The molecular weight excluding hydrogens is 282 g/mol. The molecule has 0 aliphatic carbocycles. The van der Waals surface area contributed by atoms with Crippen molar-refractivity contribution in [3.8, 4) is 0 Å². The van der Waals surface area contributed by atoms with Crippen LogP contribution < -0.4 is 5.32 Å². The number of carboxylic acids is 1. The second-order valence-corrected chi connectivity index (χ2v) is 5.56. The molecule has 20 heavy (non-hydrogen) atoms. The van der Waals surface area contributed by atoms with Crippen molar-refractivity contribution in [2.75, 3.05) is 5.32 Å². The molecule has 0 radical (unpaired) electrons. The van der Waals surface area contributed by atoms with Gasteiger partial charge in [-0.15, -0.1) is 0 Å². The Hall–Kier alpha value is -1.59. The van der Waals surface area contributed by atoms with Crippen LogP contribution in [-0.2, 0) is 14.3 Å². The van der Waals surface area contributed by atoms with Gasteiger partial charge in [-0.3, -0.25) is 9.59 Å². The smallest absolute Gasteiger partial charge is 0.310 e. The lowest BCUT2D eigenvalue weighted by molar-refractivity contribution is -0.147. The molecule has 2 heterocycles. The summed E-state index contributed by atoms with van der Waals surface area (Å²) < 4.78 is 5.57. The van der Waals surface area contributed by atoms with Gasteiger partial charge in [0.05, 0.1) is 34.8 Å². The number of ether oxygens (including phenoxy) is 1. The Labute approximate surface area is 120 Å². The predicted molar refractivity (Wildman–Crippen MR) is 72.6 cm³/mol. The number of nitrogens with one attached hydrogen (secondary N) is 1. The van der Waals surface area contributed by atoms with E-state index >= 15 is 0 Å². The number of fused-ring (bicyclic) bond motifs is 2. The number of halogens is 1. The van der Waals surface area contributed by atoms with Gasteiger partial charge in [0, 0.05) is 0 Å². The molecule has 6 heteroatoms. The highest BCUT2D eigenvalue weighted by Crippen LogP contribution is 2.44. The minimum absolute atomic E-state index is 0.302. The van der Waals surface area contributed by atoms with Crippen molar-refractivity contribution in [1.29, 1.82) is 0 Å². The first-order valence-corrected chi connectivity index (χ1v) is 6.89. The van der Waals surface area contributed by atoms with Gasteiger partial charge < -0.3 is 15.2 Å². The quantitative estimate of drug-likeness (QED) is 0.896. The first-order chi connectivity index (χ1) is 9.58. The zero-order chi connectivity index (χ0) is 14.3. The Bertz CT molecular complexity index is 562. The topological polar surface area (TPSA) is 75.6 Å². The highest BCUT2D eigenvalue weighted by molar-refractivity contribution is 6.33. The molecule has 2 bridgehead atoms. The summed E-state index contributed by atoms with van der Waals surface area (Å²) in [6, 6.07) is 6.87. The summed E-state index contributed by atoms with van der Waals surface area (Å²) in [5.41, 5.74) is 0.492. The molecule has 1 aromatic carbocycles. The highest BCUT2D eigenvalue weighted by Gasteiger charge is 2.55. The van der Waals surface area contributed by atoms with Crippen LogP contribution in [0.15, 0.2) is 24.3 Å². The maximum atomic E-state index is 12.4. The third-order valence-corrected chi connectivity index (χ3v) is 4.32. The largest absolute Gasteiger partial charge is 0.481 e. The molecule has 106 valence electrons. The fraction of sp³-hybridized carbons (Fsp3) is 0.429. The van der Waals surface area contributed by atoms with Gasteiger partial charge in [-0.25, -0.2) is 0 Å². The zero-order valence-electron chi connectivity index (χ0n) is 10.6. The van der Waals surface area contributed by atoms with E-state index in [1.807, 2.05) is 0 Å². The Balaban J connectivity index is 1.80. The molecule has 2 aliphatic rings. The number of hydrogen-bond acceptors (Lipinski definition) is 3. The van der Waals surface area contributed by atoms with Gasteiger partial charge in [0.2, 0.25) is 5.91 Å². The van der Waals surface area contributed by atoms with E-state index in [1.54, 1.807) is 24.3 Å². The zero-order valence-corrected chi connectivity index (χ0v) is 11.3. The van der Waals surface area contributed by atoms with Crippen LogP contribution in [-0.4, -0.2) is 29.2 Å². The first kappa shape index (κ1) is 13.4. The molecule has 0 aromatic heterocycles. The molecule has 3 rings (SSSR count). The average molecular weight is 296 g/mol. The third kappa shape index (κ3) is 2.17. The number of carbonyl (C=O) groups excluding carboxylic acids is 1. The molecule has 2 N–H and O–H groups in total. The standard InChI is InChI=1S/C14H14ClNO4/c15-7-3-1-2-4-8(7)16-13(17)11-9-5-6-10(20-9)12(11)14(18)19/h1-4,9-12H,5-6H2,(H,16,17)(H,18,19)/t9-,10-,11-,12+/m1/s1. The summed E-state index contributed by atoms with van der Waals surface area (Å²) >= 11 is 5.99. The van der Waals surface area contributed by atoms with E-state index in [0.29, 0.717) is 17.1 Å². The maximum absolute atomic E-state index is 12.4. The fourth-order valence-electron chi connectivity index (χ4n) is 3.10. The van der Waals surface area contributed by atoms with Crippen LogP contribution in [0.2, 0.25) is 5.02 Å². The van der Waals surface area contributed by atoms with Gasteiger partial charge in [-0.05, 0) is 25.0 Å². The SMILES string of the molecule is O=C(O)[C@@H]1[C@H](C(=O)Nc2ccccc2Cl)[C@H]2CC[C@H]1O2. The van der Waals surface area contributed by atoms with E-state index < -0.39 is 17.8 Å². The van der Waals surface area contributed by atoms with Gasteiger partial charge in [-0.2, -0.15) is 0 Å². The second kappa shape index (κ2) is 5.07. The summed E-state index contributed by atoms with van der Waals surface area (Å²) in [4.78, 5) is 23.7. The summed E-state index contributed by atoms with van der Waals surface area (Å²) in [6.07, 6.45) is 0.787. The van der Waals surface area contributed by atoms with Gasteiger partial charge >= 0.3 is 5.97 Å². The minimum atomic E-state index is -0.975. The van der Waals surface area contributed by atoms with Crippen LogP contribution >= 0.6 is 11.6 Å². The van der Waals surface area contributed by atoms with Gasteiger partial charge in [0.25, 0.3) is 0 Å². The van der Waals surface area contributed by atoms with E-state index in [0.717, 1.165) is 6.42 Å². The predicted octanol–water partition coefficient (Wildman–Crippen LogP) is 2.16. The number of carboxylic acid groups (broad SMARTS) is 1. The summed E-state index contributed by atoms with van der Waals surface area (Å²) in [7, 11) is 0. The number of carbonyl (C=O) groups is 2. The van der Waals surface area contributed by atoms with Crippen molar-refractivity contribution >= 4 is 29.2 Å². The van der Waals surface area contributed by atoms with E-state index in [4.69, 9.17) is 16.3 Å². The molecule has 1 aromatic rings. The number of benzene rings is 1. The Morgan fingerprint density at radius 1 is 1.20 bits per heavy atom. The van der Waals surface area contributed by atoms with Gasteiger partial charge in [0.15, 0.2) is 0 Å². The van der Waals surface area contributed by atoms with Crippen LogP contribution in [0.5, 0.6) is 0 Å². The molecule has 2 saturated heterocycles. The molecule has 2 aliphatic heterocycles. The Kier molecular flexibility index (Phi) is 3.40. The van der Waals surface area contributed by atoms with Crippen molar-refractivity contribution in [2.45, 2.75) is 25.0 Å². The molecule has 0 unspecified atom stereocenters. The molecule has 0 spiro atoms. The number of aliphatic carboxylic acids is 1. The average Bonchev–Trinajstić information content (AvgIpc) is 3.01. The van der Waals surface area contributed by atoms with Crippen molar-refractivity contribution in [1.82, 2.24) is 0 Å². The van der Waals surface area contributed by atoms with Crippen molar-refractivity contribution in [3.05, 3.63) is 29.3 Å². The number of hydrogen-bond donors (Lipinski definition) is 2. The number of rotatable bonds is 3. The Morgan fingerprint density at radius 2 is 1.85 bits per heavy atom. The van der Waals surface area contributed by atoms with E-state index in [9.17, 15) is 14.7 Å². The minimum Gasteiger partial charge on any atom is -0.481 e. The number of amides is 1. The summed E-state index contributed by atoms with van der Waals surface area (Å²) in [5, 5.41) is 12.4. The van der Waals surface area contributed by atoms with Crippen LogP contribution in [0.3, 0.4) is 0 Å². The Morgan fingerprint density at radius 3 is 2.50 bits per heavy atom.